The van der Waals surface area contributed by atoms with E-state index in [4.69, 9.17) is 10.8 Å². The number of nitrogens with one attached hydrogen (secondary N) is 1. The maximum absolute atomic E-state index is 13.1. The Morgan fingerprint density at radius 2 is 1.89 bits per heavy atom. The molecule has 4 nitrogen and oxygen atoms in total. The van der Waals surface area contributed by atoms with Gasteiger partial charge in [0.2, 0.25) is 5.91 Å². The van der Waals surface area contributed by atoms with Gasteiger partial charge in [0.1, 0.15) is 0 Å². The van der Waals surface area contributed by atoms with Gasteiger partial charge in [0.15, 0.2) is 17.4 Å². The van der Waals surface area contributed by atoms with Crippen LogP contribution < -0.4 is 11.1 Å². The summed E-state index contributed by atoms with van der Waals surface area (Å²) in [6.07, 6.45) is 0. The largest absolute Gasteiger partial charge is 0.503 e. The Bertz CT molecular complexity index is 427. The van der Waals surface area contributed by atoms with Crippen molar-refractivity contribution in [1.29, 1.82) is 0 Å². The van der Waals surface area contributed by atoms with Gasteiger partial charge >= 0.3 is 0 Å². The highest BCUT2D eigenvalue weighted by Crippen LogP contribution is 2.21. The minimum atomic E-state index is -1.04. The van der Waals surface area contributed by atoms with E-state index in [-0.39, 0.29) is 18.0 Å². The topological polar surface area (TPSA) is 75.3 Å². The zero-order chi connectivity index (χ0) is 13.9. The molecule has 0 saturated carbocycles. The fourth-order valence-corrected chi connectivity index (χ4v) is 1.61. The molecule has 0 saturated heterocycles. The van der Waals surface area contributed by atoms with E-state index in [0.29, 0.717) is 0 Å². The number of amides is 1. The molecule has 4 N–H and O–H groups in total. The molecule has 0 spiro atoms. The molecule has 0 aliphatic rings. The normalized spacial score (nSPS) is 12.7. The second kappa shape index (κ2) is 5.77. The highest BCUT2D eigenvalue weighted by Gasteiger charge is 2.19. The first-order valence-corrected chi connectivity index (χ1v) is 5.52. The van der Waals surface area contributed by atoms with Gasteiger partial charge in [-0.15, -0.1) is 0 Å². The van der Waals surface area contributed by atoms with Crippen molar-refractivity contribution in [3.63, 3.8) is 0 Å². The van der Waals surface area contributed by atoms with E-state index in [0.717, 1.165) is 12.1 Å². The molecule has 1 unspecified atom stereocenters. The third-order valence-corrected chi connectivity index (χ3v) is 2.58. The van der Waals surface area contributed by atoms with Crippen LogP contribution in [0.3, 0.4) is 0 Å². The fourth-order valence-electron chi connectivity index (χ4n) is 1.61. The maximum Gasteiger partial charge on any atom is 0.234 e. The van der Waals surface area contributed by atoms with Gasteiger partial charge in [-0.2, -0.15) is 0 Å². The molecular weight excluding hydrogens is 242 g/mol. The molecule has 1 aromatic carbocycles. The number of nitrogens with two attached hydrogens (primary N) is 1. The van der Waals surface area contributed by atoms with E-state index in [1.807, 2.05) is 0 Å². The predicted octanol–water partition coefficient (Wildman–Crippen LogP) is 1.27. The van der Waals surface area contributed by atoms with Gasteiger partial charge in [-0.05, 0) is 23.6 Å². The predicted molar refractivity (Wildman–Crippen MR) is 62.7 cm³/mol. The summed E-state index contributed by atoms with van der Waals surface area (Å²) in [7, 11) is 0. The Morgan fingerprint density at radius 1 is 1.39 bits per heavy atom. The molecule has 1 atom stereocenters. The average Bonchev–Trinajstić information content (AvgIpc) is 2.24. The average molecular weight is 258 g/mol. The van der Waals surface area contributed by atoms with Crippen molar-refractivity contribution in [3.8, 4) is 5.75 Å². The number of primary amides is 1. The smallest absolute Gasteiger partial charge is 0.234 e. The molecule has 1 amide bonds. The van der Waals surface area contributed by atoms with Crippen LogP contribution in [0.25, 0.3) is 0 Å². The van der Waals surface area contributed by atoms with Gasteiger partial charge in [-0.1, -0.05) is 13.8 Å². The molecule has 1 aromatic rings. The SMILES string of the molecule is CC(C)C(NCc1cc(F)c(O)c(F)c1)C(N)=O. The standard InChI is InChI=1S/C12H16F2N2O2/c1-6(2)10(12(15)18)16-5-7-3-8(13)11(17)9(14)4-7/h3-4,6,10,16-17H,5H2,1-2H3,(H2,15,18). The molecule has 0 fully saturated rings. The Labute approximate surface area is 104 Å². The van der Waals surface area contributed by atoms with Crippen molar-refractivity contribution in [2.45, 2.75) is 26.4 Å². The first-order chi connectivity index (χ1) is 8.32. The lowest BCUT2D eigenvalue weighted by Gasteiger charge is -2.19. The van der Waals surface area contributed by atoms with Crippen LogP contribution in [0.5, 0.6) is 5.75 Å². The van der Waals surface area contributed by atoms with Crippen molar-refractivity contribution in [2.75, 3.05) is 0 Å². The van der Waals surface area contributed by atoms with Gasteiger partial charge in [-0.3, -0.25) is 4.79 Å². The van der Waals surface area contributed by atoms with Gasteiger partial charge in [-0.25, -0.2) is 8.78 Å². The number of benzene rings is 1. The number of aromatic hydroxyl groups is 1. The lowest BCUT2D eigenvalue weighted by molar-refractivity contribution is -0.121. The first kappa shape index (κ1) is 14.4. The van der Waals surface area contributed by atoms with E-state index in [2.05, 4.69) is 5.32 Å². The van der Waals surface area contributed by atoms with E-state index in [9.17, 15) is 13.6 Å². The van der Waals surface area contributed by atoms with Crippen molar-refractivity contribution in [2.24, 2.45) is 11.7 Å². The zero-order valence-corrected chi connectivity index (χ0v) is 10.2. The Balaban J connectivity index is 2.77. The van der Waals surface area contributed by atoms with Crippen LogP contribution in [0, 0.1) is 17.6 Å². The lowest BCUT2D eigenvalue weighted by atomic mass is 10.0. The van der Waals surface area contributed by atoms with Crippen LogP contribution in [0.4, 0.5) is 8.78 Å². The molecule has 100 valence electrons. The minimum Gasteiger partial charge on any atom is -0.503 e. The minimum absolute atomic E-state index is 0.0330. The molecular formula is C12H16F2N2O2. The van der Waals surface area contributed by atoms with Crippen LogP contribution in [0.1, 0.15) is 19.4 Å². The second-order valence-electron chi connectivity index (χ2n) is 4.41. The molecule has 18 heavy (non-hydrogen) atoms. The summed E-state index contributed by atoms with van der Waals surface area (Å²) in [6.45, 7) is 3.70. The Kier molecular flexibility index (Phi) is 4.61. The molecule has 1 rings (SSSR count). The van der Waals surface area contributed by atoms with E-state index < -0.39 is 29.3 Å². The van der Waals surface area contributed by atoms with Crippen molar-refractivity contribution in [1.82, 2.24) is 5.32 Å². The summed E-state index contributed by atoms with van der Waals surface area (Å²) in [5, 5.41) is 11.8. The monoisotopic (exact) mass is 258 g/mol. The number of hydrogen-bond donors (Lipinski definition) is 3. The number of carbonyl (C=O) groups excluding carboxylic acids is 1. The molecule has 0 heterocycles. The molecule has 0 radical (unpaired) electrons. The van der Waals surface area contributed by atoms with Crippen molar-refractivity contribution < 1.29 is 18.7 Å². The molecule has 0 aromatic heterocycles. The number of rotatable bonds is 5. The van der Waals surface area contributed by atoms with Crippen LogP contribution >= 0.6 is 0 Å². The summed E-state index contributed by atoms with van der Waals surface area (Å²) in [4.78, 5) is 11.1. The molecule has 0 aliphatic carbocycles. The summed E-state index contributed by atoms with van der Waals surface area (Å²) in [6, 6.07) is 1.43. The van der Waals surface area contributed by atoms with E-state index in [1.165, 1.54) is 0 Å². The lowest BCUT2D eigenvalue weighted by Crippen LogP contribution is -2.44. The first-order valence-electron chi connectivity index (χ1n) is 5.52. The van der Waals surface area contributed by atoms with Crippen LogP contribution in [0.2, 0.25) is 0 Å². The summed E-state index contributed by atoms with van der Waals surface area (Å²) in [5.41, 5.74) is 5.48. The fraction of sp³-hybridized carbons (Fsp3) is 0.417. The summed E-state index contributed by atoms with van der Waals surface area (Å²) in [5.74, 6) is -3.63. The number of carbonyl (C=O) groups is 1. The summed E-state index contributed by atoms with van der Waals surface area (Å²) >= 11 is 0. The quantitative estimate of drug-likeness (QED) is 0.744. The van der Waals surface area contributed by atoms with Gasteiger partial charge in [0, 0.05) is 6.54 Å². The third-order valence-electron chi connectivity index (χ3n) is 2.58. The number of hydrogen-bond acceptors (Lipinski definition) is 3. The molecule has 6 heteroatoms. The number of halogens is 2. The van der Waals surface area contributed by atoms with Crippen molar-refractivity contribution in [3.05, 3.63) is 29.3 Å². The van der Waals surface area contributed by atoms with Crippen LogP contribution in [0.15, 0.2) is 12.1 Å². The summed E-state index contributed by atoms with van der Waals surface area (Å²) < 4.78 is 26.1. The van der Waals surface area contributed by atoms with Crippen LogP contribution in [-0.4, -0.2) is 17.1 Å². The maximum atomic E-state index is 13.1. The van der Waals surface area contributed by atoms with E-state index >= 15 is 0 Å². The highest BCUT2D eigenvalue weighted by molar-refractivity contribution is 5.80. The molecule has 0 aliphatic heterocycles. The van der Waals surface area contributed by atoms with Crippen LogP contribution in [-0.2, 0) is 11.3 Å². The Hall–Kier alpha value is -1.69. The number of phenolic OH excluding ortho intramolecular Hbond substituents is 1. The molecule has 0 bridgehead atoms. The van der Waals surface area contributed by atoms with Gasteiger partial charge in [0.05, 0.1) is 6.04 Å². The second-order valence-corrected chi connectivity index (χ2v) is 4.41. The van der Waals surface area contributed by atoms with Crippen molar-refractivity contribution >= 4 is 5.91 Å². The van der Waals surface area contributed by atoms with Gasteiger partial charge in [0.25, 0.3) is 0 Å². The van der Waals surface area contributed by atoms with Gasteiger partial charge < -0.3 is 16.2 Å². The zero-order valence-electron chi connectivity index (χ0n) is 10.2. The highest BCUT2D eigenvalue weighted by atomic mass is 19.1. The Morgan fingerprint density at radius 3 is 2.28 bits per heavy atom. The van der Waals surface area contributed by atoms with E-state index in [1.54, 1.807) is 13.8 Å². The number of phenols is 1. The third kappa shape index (κ3) is 3.40.